The van der Waals surface area contributed by atoms with Crippen LogP contribution in [0.25, 0.3) is 6.08 Å². The molecule has 6 nitrogen and oxygen atoms in total. The Kier molecular flexibility index (Phi) is 7.51. The fraction of sp³-hybridized carbons (Fsp3) is 0.227. The van der Waals surface area contributed by atoms with E-state index in [-0.39, 0.29) is 18.7 Å². The lowest BCUT2D eigenvalue weighted by Gasteiger charge is -2.09. The van der Waals surface area contributed by atoms with Crippen molar-refractivity contribution < 1.29 is 14.4 Å². The van der Waals surface area contributed by atoms with Crippen LogP contribution in [0.1, 0.15) is 35.1 Å². The predicted molar refractivity (Wildman–Crippen MR) is 110 cm³/mol. The minimum absolute atomic E-state index is 0.0220. The summed E-state index contributed by atoms with van der Waals surface area (Å²) < 4.78 is 0. The molecule has 3 amide bonds. The van der Waals surface area contributed by atoms with Gasteiger partial charge in [-0.15, -0.1) is 0 Å². The van der Waals surface area contributed by atoms with Crippen LogP contribution in [0, 0.1) is 20.8 Å². The van der Waals surface area contributed by atoms with Gasteiger partial charge in [0.1, 0.15) is 0 Å². The number of carbonyl (C=O) groups is 3. The van der Waals surface area contributed by atoms with Gasteiger partial charge in [-0.25, -0.2) is 0 Å². The molecule has 0 radical (unpaired) electrons. The molecule has 3 N–H and O–H groups in total. The Bertz CT molecular complexity index is 886. The van der Waals surface area contributed by atoms with Gasteiger partial charge >= 0.3 is 0 Å². The average molecular weight is 379 g/mol. The summed E-state index contributed by atoms with van der Waals surface area (Å²) >= 11 is 0. The molecule has 28 heavy (non-hydrogen) atoms. The Labute approximate surface area is 165 Å². The van der Waals surface area contributed by atoms with Gasteiger partial charge in [0.2, 0.25) is 11.8 Å². The van der Waals surface area contributed by atoms with E-state index in [1.807, 2.05) is 63.2 Å². The van der Waals surface area contributed by atoms with Crippen LogP contribution < -0.4 is 16.2 Å². The Balaban J connectivity index is 1.70. The molecule has 0 aliphatic rings. The van der Waals surface area contributed by atoms with Crippen molar-refractivity contribution >= 4 is 29.5 Å². The van der Waals surface area contributed by atoms with Crippen molar-refractivity contribution in [2.24, 2.45) is 0 Å². The summed E-state index contributed by atoms with van der Waals surface area (Å²) in [6.45, 7) is 5.88. The average Bonchev–Trinajstić information content (AvgIpc) is 2.66. The molecule has 6 heteroatoms. The summed E-state index contributed by atoms with van der Waals surface area (Å²) in [6.07, 6.45) is 2.98. The van der Waals surface area contributed by atoms with Crippen molar-refractivity contribution in [1.82, 2.24) is 10.9 Å². The smallest absolute Gasteiger partial charge is 0.262 e. The van der Waals surface area contributed by atoms with Crippen LogP contribution in [0.2, 0.25) is 0 Å². The van der Waals surface area contributed by atoms with Crippen LogP contribution in [0.5, 0.6) is 0 Å². The van der Waals surface area contributed by atoms with Crippen LogP contribution >= 0.6 is 0 Å². The fourth-order valence-electron chi connectivity index (χ4n) is 2.48. The van der Waals surface area contributed by atoms with E-state index >= 15 is 0 Å². The van der Waals surface area contributed by atoms with Crippen molar-refractivity contribution in [1.29, 1.82) is 0 Å². The van der Waals surface area contributed by atoms with E-state index in [9.17, 15) is 14.4 Å². The molecule has 0 bridgehead atoms. The van der Waals surface area contributed by atoms with Crippen LogP contribution in [0.3, 0.4) is 0 Å². The summed E-state index contributed by atoms with van der Waals surface area (Å²) in [5.41, 5.74) is 9.41. The van der Waals surface area contributed by atoms with Crippen LogP contribution in [0.4, 0.5) is 5.69 Å². The monoisotopic (exact) mass is 379 g/mol. The Morgan fingerprint density at radius 3 is 2.14 bits per heavy atom. The van der Waals surface area contributed by atoms with Crippen molar-refractivity contribution in [2.45, 2.75) is 33.6 Å². The number of hydrazine groups is 1. The van der Waals surface area contributed by atoms with Gasteiger partial charge in [0.25, 0.3) is 5.91 Å². The molecule has 0 unspecified atom stereocenters. The highest BCUT2D eigenvalue weighted by Gasteiger charge is 2.09. The maximum Gasteiger partial charge on any atom is 0.262 e. The summed E-state index contributed by atoms with van der Waals surface area (Å²) in [5, 5.41) is 2.78. The van der Waals surface area contributed by atoms with Gasteiger partial charge in [0, 0.05) is 24.6 Å². The predicted octanol–water partition coefficient (Wildman–Crippen LogP) is 3.19. The molecule has 146 valence electrons. The highest BCUT2D eigenvalue weighted by atomic mass is 16.2. The Hall–Kier alpha value is -3.41. The largest absolute Gasteiger partial charge is 0.326 e. The third-order valence-electron chi connectivity index (χ3n) is 4.06. The molecular weight excluding hydrogens is 354 g/mol. The zero-order valence-electron chi connectivity index (χ0n) is 16.3. The van der Waals surface area contributed by atoms with Crippen LogP contribution in [-0.4, -0.2) is 17.7 Å². The summed E-state index contributed by atoms with van der Waals surface area (Å²) in [7, 11) is 0. The van der Waals surface area contributed by atoms with E-state index in [1.54, 1.807) is 6.08 Å². The van der Waals surface area contributed by atoms with E-state index < -0.39 is 11.8 Å². The molecule has 0 spiro atoms. The van der Waals surface area contributed by atoms with Gasteiger partial charge < -0.3 is 5.32 Å². The number of anilines is 1. The summed E-state index contributed by atoms with van der Waals surface area (Å²) in [6, 6.07) is 13.4. The number of hydrogen-bond donors (Lipinski definition) is 3. The lowest BCUT2D eigenvalue weighted by Crippen LogP contribution is -2.41. The van der Waals surface area contributed by atoms with Gasteiger partial charge in [0.15, 0.2) is 0 Å². The van der Waals surface area contributed by atoms with Gasteiger partial charge in [-0.05, 0) is 44.0 Å². The first-order valence-electron chi connectivity index (χ1n) is 9.04. The van der Waals surface area contributed by atoms with Crippen LogP contribution in [0.15, 0.2) is 48.5 Å². The second-order valence-corrected chi connectivity index (χ2v) is 6.65. The maximum absolute atomic E-state index is 12.0. The molecule has 2 aromatic carbocycles. The first-order chi connectivity index (χ1) is 13.3. The van der Waals surface area contributed by atoms with Crippen molar-refractivity contribution in [3.63, 3.8) is 0 Å². The van der Waals surface area contributed by atoms with Gasteiger partial charge in [0.05, 0.1) is 0 Å². The minimum Gasteiger partial charge on any atom is -0.326 e. The standard InChI is InChI=1S/C22H25N3O3/c1-15-4-7-18(8-5-15)9-11-21(27)24-25-22(28)13-12-20(26)23-19-10-6-16(2)14-17(19)3/h4-11,14H,12-13H2,1-3H3,(H,23,26)(H,24,27)(H,25,28). The number of carbonyl (C=O) groups excluding carboxylic acids is 3. The third kappa shape index (κ3) is 7.07. The third-order valence-corrected chi connectivity index (χ3v) is 4.06. The number of amides is 3. The molecule has 0 aromatic heterocycles. The van der Waals surface area contributed by atoms with E-state index in [4.69, 9.17) is 0 Å². The molecule has 0 aliphatic carbocycles. The van der Waals surface area contributed by atoms with Gasteiger partial charge in [-0.2, -0.15) is 0 Å². The normalized spacial score (nSPS) is 10.5. The summed E-state index contributed by atoms with van der Waals surface area (Å²) in [5.74, 6) is -1.14. The first-order valence-corrected chi connectivity index (χ1v) is 9.04. The van der Waals surface area contributed by atoms with E-state index in [1.165, 1.54) is 6.08 Å². The second-order valence-electron chi connectivity index (χ2n) is 6.65. The minimum atomic E-state index is -0.450. The molecule has 2 rings (SSSR count). The van der Waals surface area contributed by atoms with E-state index in [0.717, 1.165) is 27.9 Å². The highest BCUT2D eigenvalue weighted by Crippen LogP contribution is 2.16. The molecule has 0 saturated carbocycles. The van der Waals surface area contributed by atoms with Gasteiger partial charge in [-0.3, -0.25) is 25.2 Å². The highest BCUT2D eigenvalue weighted by molar-refractivity contribution is 5.95. The van der Waals surface area contributed by atoms with Crippen molar-refractivity contribution in [3.8, 4) is 0 Å². The Morgan fingerprint density at radius 2 is 1.46 bits per heavy atom. The summed E-state index contributed by atoms with van der Waals surface area (Å²) in [4.78, 5) is 35.5. The van der Waals surface area contributed by atoms with Gasteiger partial charge in [-0.1, -0.05) is 47.5 Å². The first kappa shape index (κ1) is 20.9. The maximum atomic E-state index is 12.0. The number of aryl methyl sites for hydroxylation is 3. The number of rotatable bonds is 6. The fourth-order valence-corrected chi connectivity index (χ4v) is 2.48. The number of hydrogen-bond acceptors (Lipinski definition) is 3. The Morgan fingerprint density at radius 1 is 0.821 bits per heavy atom. The molecule has 0 aliphatic heterocycles. The van der Waals surface area contributed by atoms with Crippen LogP contribution in [-0.2, 0) is 14.4 Å². The zero-order valence-corrected chi connectivity index (χ0v) is 16.3. The molecule has 0 saturated heterocycles. The topological polar surface area (TPSA) is 87.3 Å². The number of nitrogens with one attached hydrogen (secondary N) is 3. The zero-order chi connectivity index (χ0) is 20.5. The molecule has 0 atom stereocenters. The second kappa shape index (κ2) is 10.1. The SMILES string of the molecule is Cc1ccc(C=CC(=O)NNC(=O)CCC(=O)Nc2ccc(C)cc2C)cc1. The molecular formula is C22H25N3O3. The van der Waals surface area contributed by atoms with E-state index in [0.29, 0.717) is 0 Å². The van der Waals surface area contributed by atoms with Crippen molar-refractivity contribution in [3.05, 3.63) is 70.8 Å². The quantitative estimate of drug-likeness (QED) is 0.532. The van der Waals surface area contributed by atoms with Crippen molar-refractivity contribution in [2.75, 3.05) is 5.32 Å². The molecule has 2 aromatic rings. The molecule has 0 fully saturated rings. The lowest BCUT2D eigenvalue weighted by atomic mass is 10.1. The van der Waals surface area contributed by atoms with E-state index in [2.05, 4.69) is 16.2 Å². The molecule has 0 heterocycles. The lowest BCUT2D eigenvalue weighted by molar-refractivity contribution is -0.128. The number of benzene rings is 2.